The second-order valence-corrected chi connectivity index (χ2v) is 7.98. The lowest BCUT2D eigenvalue weighted by molar-refractivity contribution is -0.140. The van der Waals surface area contributed by atoms with Crippen molar-refractivity contribution in [3.05, 3.63) is 42.0 Å². The molecule has 0 aliphatic carbocycles. The molecule has 1 rings (SSSR count). The first kappa shape index (κ1) is 25.3. The number of esters is 1. The van der Waals surface area contributed by atoms with Crippen molar-refractivity contribution in [1.29, 1.82) is 0 Å². The number of carbonyl (C=O) groups excluding carboxylic acids is 1. The van der Waals surface area contributed by atoms with E-state index in [2.05, 4.69) is 55.0 Å². The van der Waals surface area contributed by atoms with Gasteiger partial charge in [-0.1, -0.05) is 75.6 Å². The summed E-state index contributed by atoms with van der Waals surface area (Å²) in [6, 6.07) is 8.33. The predicted molar refractivity (Wildman–Crippen MR) is 122 cm³/mol. The number of rotatable bonds is 17. The fourth-order valence-electron chi connectivity index (χ4n) is 3.35. The number of allylic oxidation sites excluding steroid dienone is 1. The summed E-state index contributed by atoms with van der Waals surface area (Å²) >= 11 is 0. The second-order valence-electron chi connectivity index (χ2n) is 7.98. The number of carbonyl (C=O) groups is 1. The molecule has 164 valence electrons. The van der Waals surface area contributed by atoms with Crippen LogP contribution in [0.25, 0.3) is 0 Å². The fraction of sp³-hybridized carbons (Fsp3) is 0.654. The van der Waals surface area contributed by atoms with Crippen LogP contribution in [0.2, 0.25) is 0 Å². The molecule has 0 spiro atoms. The minimum atomic E-state index is -0.101. The van der Waals surface area contributed by atoms with E-state index in [-0.39, 0.29) is 12.1 Å². The average Bonchev–Trinajstić information content (AvgIpc) is 2.73. The lowest BCUT2D eigenvalue weighted by Crippen LogP contribution is -2.13. The molecule has 0 amide bonds. The smallest absolute Gasteiger partial charge is 0.305 e. The van der Waals surface area contributed by atoms with E-state index in [9.17, 15) is 4.79 Å². The molecule has 0 aliphatic rings. The summed E-state index contributed by atoms with van der Waals surface area (Å²) < 4.78 is 10.9. The lowest BCUT2D eigenvalue weighted by Gasteiger charge is -2.16. The first-order valence-electron chi connectivity index (χ1n) is 11.6. The van der Waals surface area contributed by atoms with Crippen molar-refractivity contribution in [2.45, 2.75) is 103 Å². The van der Waals surface area contributed by atoms with E-state index in [1.165, 1.54) is 51.2 Å². The van der Waals surface area contributed by atoms with Crippen molar-refractivity contribution in [1.82, 2.24) is 0 Å². The first-order chi connectivity index (χ1) is 14.2. The molecule has 0 fully saturated rings. The summed E-state index contributed by atoms with van der Waals surface area (Å²) in [5, 5.41) is 0. The summed E-state index contributed by atoms with van der Waals surface area (Å²) in [5.41, 5.74) is 1.25. The third-order valence-electron chi connectivity index (χ3n) is 5.23. The molecular weight excluding hydrogens is 360 g/mol. The first-order valence-corrected chi connectivity index (χ1v) is 11.6. The SMILES string of the molecule is CCCCCCC/C=C/C(CCCCCCCC(=O)OC)Oc1ccc(C)cc1. The monoisotopic (exact) mass is 402 g/mol. The van der Waals surface area contributed by atoms with Crippen LogP contribution in [0.15, 0.2) is 36.4 Å². The van der Waals surface area contributed by atoms with Gasteiger partial charge in [0.25, 0.3) is 0 Å². The molecule has 0 aromatic heterocycles. The minimum Gasteiger partial charge on any atom is -0.486 e. The van der Waals surface area contributed by atoms with Crippen LogP contribution < -0.4 is 4.74 Å². The Bertz CT molecular complexity index is 548. The number of methoxy groups -OCH3 is 1. The van der Waals surface area contributed by atoms with Crippen LogP contribution >= 0.6 is 0 Å². The highest BCUT2D eigenvalue weighted by molar-refractivity contribution is 5.68. The van der Waals surface area contributed by atoms with Gasteiger partial charge in [-0.3, -0.25) is 4.79 Å². The number of hydrogen-bond donors (Lipinski definition) is 0. The van der Waals surface area contributed by atoms with Gasteiger partial charge in [-0.2, -0.15) is 0 Å². The summed E-state index contributed by atoms with van der Waals surface area (Å²) in [7, 11) is 1.45. The van der Waals surface area contributed by atoms with Crippen molar-refractivity contribution in [2.24, 2.45) is 0 Å². The van der Waals surface area contributed by atoms with E-state index in [1.54, 1.807) is 0 Å². The van der Waals surface area contributed by atoms with E-state index >= 15 is 0 Å². The average molecular weight is 403 g/mol. The molecule has 0 saturated heterocycles. The largest absolute Gasteiger partial charge is 0.486 e. The third-order valence-corrected chi connectivity index (χ3v) is 5.23. The van der Waals surface area contributed by atoms with E-state index in [4.69, 9.17) is 4.74 Å². The molecule has 3 nitrogen and oxygen atoms in total. The fourth-order valence-corrected chi connectivity index (χ4v) is 3.35. The topological polar surface area (TPSA) is 35.5 Å². The lowest BCUT2D eigenvalue weighted by atomic mass is 10.1. The van der Waals surface area contributed by atoms with E-state index in [0.717, 1.165) is 44.3 Å². The normalized spacial score (nSPS) is 12.2. The Morgan fingerprint density at radius 3 is 2.31 bits per heavy atom. The highest BCUT2D eigenvalue weighted by Crippen LogP contribution is 2.18. The van der Waals surface area contributed by atoms with Gasteiger partial charge < -0.3 is 9.47 Å². The highest BCUT2D eigenvalue weighted by Gasteiger charge is 2.07. The van der Waals surface area contributed by atoms with Crippen LogP contribution in [0.3, 0.4) is 0 Å². The molecule has 0 aliphatic heterocycles. The molecule has 1 unspecified atom stereocenters. The Hall–Kier alpha value is -1.77. The zero-order valence-corrected chi connectivity index (χ0v) is 19.0. The molecule has 3 heteroatoms. The van der Waals surface area contributed by atoms with Gasteiger partial charge in [0.05, 0.1) is 7.11 Å². The van der Waals surface area contributed by atoms with Crippen LogP contribution in [0.5, 0.6) is 5.75 Å². The van der Waals surface area contributed by atoms with Crippen LogP contribution in [-0.4, -0.2) is 19.2 Å². The number of ether oxygens (including phenoxy) is 2. The van der Waals surface area contributed by atoms with Crippen LogP contribution in [0.1, 0.15) is 96.0 Å². The molecule has 1 atom stereocenters. The zero-order chi connectivity index (χ0) is 21.2. The summed E-state index contributed by atoms with van der Waals surface area (Å²) in [6.07, 6.45) is 19.5. The molecule has 0 saturated carbocycles. The molecule has 0 heterocycles. The molecule has 29 heavy (non-hydrogen) atoms. The number of benzene rings is 1. The molecular formula is C26H42O3. The third kappa shape index (κ3) is 13.9. The molecule has 0 bridgehead atoms. The van der Waals surface area contributed by atoms with Gasteiger partial charge in [0.1, 0.15) is 11.9 Å². The number of unbranched alkanes of at least 4 members (excludes halogenated alkanes) is 9. The maximum atomic E-state index is 11.1. The van der Waals surface area contributed by atoms with Gasteiger partial charge in [-0.05, 0) is 57.2 Å². The van der Waals surface area contributed by atoms with Crippen molar-refractivity contribution in [3.63, 3.8) is 0 Å². The van der Waals surface area contributed by atoms with E-state index in [1.807, 2.05) is 0 Å². The van der Waals surface area contributed by atoms with Crippen molar-refractivity contribution >= 4 is 5.97 Å². The van der Waals surface area contributed by atoms with Crippen molar-refractivity contribution in [3.8, 4) is 5.75 Å². The zero-order valence-electron chi connectivity index (χ0n) is 19.0. The quantitative estimate of drug-likeness (QED) is 0.153. The number of aryl methyl sites for hydroxylation is 1. The van der Waals surface area contributed by atoms with Gasteiger partial charge >= 0.3 is 5.97 Å². The Morgan fingerprint density at radius 1 is 0.931 bits per heavy atom. The summed E-state index contributed by atoms with van der Waals surface area (Å²) in [6.45, 7) is 4.35. The summed E-state index contributed by atoms with van der Waals surface area (Å²) in [4.78, 5) is 11.1. The Morgan fingerprint density at radius 2 is 1.59 bits per heavy atom. The van der Waals surface area contributed by atoms with Gasteiger partial charge in [0.15, 0.2) is 0 Å². The van der Waals surface area contributed by atoms with Crippen molar-refractivity contribution < 1.29 is 14.3 Å². The molecule has 1 aromatic rings. The Balaban J connectivity index is 2.33. The molecule has 0 N–H and O–H groups in total. The predicted octanol–water partition coefficient (Wildman–Crippen LogP) is 7.56. The van der Waals surface area contributed by atoms with Crippen LogP contribution in [0.4, 0.5) is 0 Å². The van der Waals surface area contributed by atoms with E-state index in [0.29, 0.717) is 6.42 Å². The second kappa shape index (κ2) is 17.1. The van der Waals surface area contributed by atoms with Crippen LogP contribution in [0, 0.1) is 6.92 Å². The van der Waals surface area contributed by atoms with Crippen LogP contribution in [-0.2, 0) is 9.53 Å². The van der Waals surface area contributed by atoms with E-state index < -0.39 is 0 Å². The van der Waals surface area contributed by atoms with Gasteiger partial charge in [0, 0.05) is 6.42 Å². The Labute approximate surface area is 178 Å². The van der Waals surface area contributed by atoms with Crippen molar-refractivity contribution in [2.75, 3.05) is 7.11 Å². The molecule has 0 radical (unpaired) electrons. The minimum absolute atomic E-state index is 0.101. The summed E-state index contributed by atoms with van der Waals surface area (Å²) in [5.74, 6) is 0.850. The maximum Gasteiger partial charge on any atom is 0.305 e. The van der Waals surface area contributed by atoms with Gasteiger partial charge in [0.2, 0.25) is 0 Å². The molecule has 1 aromatic carbocycles. The number of hydrogen-bond acceptors (Lipinski definition) is 3. The van der Waals surface area contributed by atoms with Gasteiger partial charge in [-0.25, -0.2) is 0 Å². The van der Waals surface area contributed by atoms with Gasteiger partial charge in [-0.15, -0.1) is 0 Å². The standard InChI is InChI=1S/C26H42O3/c1-4-5-6-7-8-10-13-16-24(29-25-21-19-23(2)20-22-25)17-14-11-9-12-15-18-26(27)28-3/h13,16,19-22,24H,4-12,14-15,17-18H2,1-3H3/b16-13+. The maximum absolute atomic E-state index is 11.1. The highest BCUT2D eigenvalue weighted by atomic mass is 16.5. The Kier molecular flexibility index (Phi) is 14.9.